The van der Waals surface area contributed by atoms with Crippen LogP contribution >= 0.6 is 0 Å². The molecule has 1 aromatic heterocycles. The van der Waals surface area contributed by atoms with E-state index in [1.807, 2.05) is 0 Å². The van der Waals surface area contributed by atoms with Gasteiger partial charge in [-0.2, -0.15) is 4.99 Å². The van der Waals surface area contributed by atoms with E-state index in [9.17, 15) is 4.79 Å². The van der Waals surface area contributed by atoms with Gasteiger partial charge < -0.3 is 20.5 Å². The standard InChI is InChI=1S/C16H19N5O3/c1-23-10-6-9(7-11(8-10)24-2)18-15(17)21-16-19-13-5-3-4-12(13)14(22)20-16/h6-8H,3-5H2,1-2H3,(H4,17,18,19,20,21,22). The molecule has 0 bridgehead atoms. The first-order chi connectivity index (χ1) is 11.6. The van der Waals surface area contributed by atoms with Crippen molar-refractivity contribution in [3.8, 4) is 11.5 Å². The lowest BCUT2D eigenvalue weighted by atomic mass is 10.3. The first-order valence-corrected chi connectivity index (χ1v) is 7.55. The zero-order chi connectivity index (χ0) is 17.1. The number of aromatic amines is 1. The normalized spacial score (nSPS) is 13.5. The lowest BCUT2D eigenvalue weighted by Gasteiger charge is -2.10. The van der Waals surface area contributed by atoms with Crippen molar-refractivity contribution < 1.29 is 9.47 Å². The number of benzene rings is 1. The van der Waals surface area contributed by atoms with Crippen molar-refractivity contribution in [3.63, 3.8) is 0 Å². The van der Waals surface area contributed by atoms with Gasteiger partial charge in [-0.1, -0.05) is 0 Å². The fraction of sp³-hybridized carbons (Fsp3) is 0.312. The summed E-state index contributed by atoms with van der Waals surface area (Å²) in [4.78, 5) is 23.1. The summed E-state index contributed by atoms with van der Waals surface area (Å²) in [6.45, 7) is 0. The number of ether oxygens (including phenoxy) is 2. The number of guanidine groups is 1. The lowest BCUT2D eigenvalue weighted by molar-refractivity contribution is 0.395. The van der Waals surface area contributed by atoms with Crippen LogP contribution in [0.15, 0.2) is 28.0 Å². The molecule has 0 unspecified atom stereocenters. The highest BCUT2D eigenvalue weighted by Crippen LogP contribution is 2.25. The Balaban J connectivity index is 1.85. The molecule has 24 heavy (non-hydrogen) atoms. The van der Waals surface area contributed by atoms with E-state index in [0.717, 1.165) is 30.5 Å². The number of aryl methyl sites for hydroxylation is 1. The number of aliphatic imine (C=N–C) groups is 1. The molecule has 0 saturated heterocycles. The van der Waals surface area contributed by atoms with E-state index in [1.54, 1.807) is 32.4 Å². The third-order valence-electron chi connectivity index (χ3n) is 3.78. The van der Waals surface area contributed by atoms with Crippen molar-refractivity contribution in [1.82, 2.24) is 9.97 Å². The molecule has 1 aliphatic carbocycles. The second-order valence-electron chi connectivity index (χ2n) is 5.39. The smallest absolute Gasteiger partial charge is 0.255 e. The Kier molecular flexibility index (Phi) is 4.37. The molecule has 0 atom stereocenters. The molecule has 0 radical (unpaired) electrons. The molecule has 1 aliphatic rings. The maximum atomic E-state index is 12.0. The molecule has 0 spiro atoms. The van der Waals surface area contributed by atoms with Crippen molar-refractivity contribution in [2.75, 3.05) is 19.5 Å². The van der Waals surface area contributed by atoms with Crippen LogP contribution in [-0.2, 0) is 12.8 Å². The molecule has 3 rings (SSSR count). The number of nitrogens with two attached hydrogens (primary N) is 1. The molecule has 1 aromatic carbocycles. The largest absolute Gasteiger partial charge is 0.497 e. The summed E-state index contributed by atoms with van der Waals surface area (Å²) >= 11 is 0. The third-order valence-corrected chi connectivity index (χ3v) is 3.78. The molecule has 4 N–H and O–H groups in total. The van der Waals surface area contributed by atoms with E-state index >= 15 is 0 Å². The van der Waals surface area contributed by atoms with Crippen LogP contribution in [0.25, 0.3) is 0 Å². The summed E-state index contributed by atoms with van der Waals surface area (Å²) in [6.07, 6.45) is 2.50. The van der Waals surface area contributed by atoms with E-state index in [1.165, 1.54) is 0 Å². The van der Waals surface area contributed by atoms with Gasteiger partial charge in [0.05, 0.1) is 19.9 Å². The first kappa shape index (κ1) is 15.9. The highest BCUT2D eigenvalue weighted by Gasteiger charge is 2.17. The molecule has 2 aromatic rings. The molecule has 1 heterocycles. The minimum Gasteiger partial charge on any atom is -0.497 e. The van der Waals surface area contributed by atoms with Crippen LogP contribution in [0.3, 0.4) is 0 Å². The zero-order valence-corrected chi connectivity index (χ0v) is 13.5. The zero-order valence-electron chi connectivity index (χ0n) is 13.5. The number of fused-ring (bicyclic) bond motifs is 1. The van der Waals surface area contributed by atoms with Gasteiger partial charge in [0, 0.05) is 29.4 Å². The predicted octanol–water partition coefficient (Wildman–Crippen LogP) is 1.33. The van der Waals surface area contributed by atoms with E-state index in [-0.39, 0.29) is 17.5 Å². The van der Waals surface area contributed by atoms with E-state index in [2.05, 4.69) is 20.3 Å². The number of H-pyrrole nitrogens is 1. The van der Waals surface area contributed by atoms with Crippen molar-refractivity contribution in [2.45, 2.75) is 19.3 Å². The average Bonchev–Trinajstić information content (AvgIpc) is 3.03. The third kappa shape index (κ3) is 3.32. The Morgan fingerprint density at radius 2 is 1.96 bits per heavy atom. The van der Waals surface area contributed by atoms with Crippen LogP contribution in [-0.4, -0.2) is 30.1 Å². The van der Waals surface area contributed by atoms with Crippen molar-refractivity contribution in [2.24, 2.45) is 10.7 Å². The van der Waals surface area contributed by atoms with Crippen LogP contribution in [0.4, 0.5) is 11.6 Å². The quantitative estimate of drug-likeness (QED) is 0.576. The summed E-state index contributed by atoms with van der Waals surface area (Å²) in [7, 11) is 3.13. The van der Waals surface area contributed by atoms with E-state index in [0.29, 0.717) is 17.2 Å². The monoisotopic (exact) mass is 329 g/mol. The molecule has 0 aliphatic heterocycles. The topological polar surface area (TPSA) is 115 Å². The lowest BCUT2D eigenvalue weighted by Crippen LogP contribution is -2.23. The fourth-order valence-electron chi connectivity index (χ4n) is 2.65. The highest BCUT2D eigenvalue weighted by molar-refractivity contribution is 5.93. The number of hydrogen-bond donors (Lipinski definition) is 3. The molecule has 8 nitrogen and oxygen atoms in total. The van der Waals surface area contributed by atoms with Crippen molar-refractivity contribution in [1.29, 1.82) is 0 Å². The van der Waals surface area contributed by atoms with E-state index in [4.69, 9.17) is 15.2 Å². The van der Waals surface area contributed by atoms with Crippen LogP contribution in [0, 0.1) is 0 Å². The Bertz CT molecular complexity index is 822. The summed E-state index contributed by atoms with van der Waals surface area (Å²) in [6, 6.07) is 5.26. The average molecular weight is 329 g/mol. The van der Waals surface area contributed by atoms with Gasteiger partial charge in [0.15, 0.2) is 0 Å². The molecule has 126 valence electrons. The number of aromatic nitrogens is 2. The highest BCUT2D eigenvalue weighted by atomic mass is 16.5. The molecule has 0 saturated carbocycles. The minimum atomic E-state index is -0.146. The van der Waals surface area contributed by atoms with Gasteiger partial charge in [-0.3, -0.25) is 9.78 Å². The first-order valence-electron chi connectivity index (χ1n) is 7.55. The maximum Gasteiger partial charge on any atom is 0.255 e. The van der Waals surface area contributed by atoms with Gasteiger partial charge in [-0.15, -0.1) is 0 Å². The summed E-state index contributed by atoms with van der Waals surface area (Å²) in [5, 5.41) is 2.93. The number of hydrogen-bond acceptors (Lipinski definition) is 5. The van der Waals surface area contributed by atoms with Gasteiger partial charge in [-0.05, 0) is 19.3 Å². The number of nitrogens with zero attached hydrogens (tertiary/aromatic N) is 2. The fourth-order valence-corrected chi connectivity index (χ4v) is 2.65. The summed E-state index contributed by atoms with van der Waals surface area (Å²) < 4.78 is 10.4. The SMILES string of the molecule is COc1cc(N/C(N)=N/c2nc3c(c(=O)[nH]2)CCC3)cc(OC)c1. The van der Waals surface area contributed by atoms with E-state index < -0.39 is 0 Å². The Morgan fingerprint density at radius 1 is 1.25 bits per heavy atom. The van der Waals surface area contributed by atoms with Gasteiger partial charge in [-0.25, -0.2) is 4.98 Å². The van der Waals surface area contributed by atoms with Crippen molar-refractivity contribution >= 4 is 17.6 Å². The number of rotatable bonds is 4. The van der Waals surface area contributed by atoms with Gasteiger partial charge in [0.25, 0.3) is 5.56 Å². The van der Waals surface area contributed by atoms with Crippen LogP contribution < -0.4 is 26.1 Å². The van der Waals surface area contributed by atoms with Crippen LogP contribution in [0.2, 0.25) is 0 Å². The summed E-state index contributed by atoms with van der Waals surface area (Å²) in [5.41, 5.74) is 7.96. The Labute approximate surface area is 138 Å². The summed E-state index contributed by atoms with van der Waals surface area (Å²) in [5.74, 6) is 1.54. The number of nitrogens with one attached hydrogen (secondary N) is 2. The van der Waals surface area contributed by atoms with Gasteiger partial charge >= 0.3 is 0 Å². The minimum absolute atomic E-state index is 0.103. The predicted molar refractivity (Wildman–Crippen MR) is 91.3 cm³/mol. The van der Waals surface area contributed by atoms with Crippen molar-refractivity contribution in [3.05, 3.63) is 39.8 Å². The van der Waals surface area contributed by atoms with Crippen LogP contribution in [0.1, 0.15) is 17.7 Å². The molecule has 8 heteroatoms. The second kappa shape index (κ2) is 6.61. The molecular weight excluding hydrogens is 310 g/mol. The number of methoxy groups -OCH3 is 2. The molecule has 0 amide bonds. The molecular formula is C16H19N5O3. The van der Waals surface area contributed by atoms with Gasteiger partial charge in [0.1, 0.15) is 11.5 Å². The Morgan fingerprint density at radius 3 is 2.62 bits per heavy atom. The molecule has 0 fully saturated rings. The number of anilines is 1. The Hall–Kier alpha value is -3.03. The second-order valence-corrected chi connectivity index (χ2v) is 5.39. The van der Waals surface area contributed by atoms with Gasteiger partial charge in [0.2, 0.25) is 11.9 Å². The van der Waals surface area contributed by atoms with Crippen LogP contribution in [0.5, 0.6) is 11.5 Å². The maximum absolute atomic E-state index is 12.0.